The Morgan fingerprint density at radius 2 is 1.64 bits per heavy atom. The summed E-state index contributed by atoms with van der Waals surface area (Å²) in [7, 11) is 0. The van der Waals surface area contributed by atoms with Crippen molar-refractivity contribution in [2.75, 3.05) is 13.2 Å². The van der Waals surface area contributed by atoms with Gasteiger partial charge in [-0.3, -0.25) is 9.59 Å². The SMILES string of the molecule is CCCCCN(C(=O)C(CO)NC(=O)OC(C)(C)C)C(C(=O)NC(C)CCC)c1c(C)cccc1C. The van der Waals surface area contributed by atoms with Crippen molar-refractivity contribution in [1.82, 2.24) is 15.5 Å². The highest BCUT2D eigenvalue weighted by Gasteiger charge is 2.37. The fourth-order valence-corrected chi connectivity index (χ4v) is 4.25. The number of benzene rings is 1. The summed E-state index contributed by atoms with van der Waals surface area (Å²) in [5, 5.41) is 15.6. The molecule has 1 rings (SSSR count). The smallest absolute Gasteiger partial charge is 0.408 e. The van der Waals surface area contributed by atoms with E-state index >= 15 is 0 Å². The maximum absolute atomic E-state index is 13.8. The molecule has 0 saturated heterocycles. The molecule has 3 amide bonds. The molecule has 8 heteroatoms. The molecule has 0 aliphatic rings. The zero-order chi connectivity index (χ0) is 27.5. The Hall–Kier alpha value is -2.61. The summed E-state index contributed by atoms with van der Waals surface area (Å²) in [6, 6.07) is 3.57. The van der Waals surface area contributed by atoms with Crippen molar-refractivity contribution in [2.24, 2.45) is 0 Å². The van der Waals surface area contributed by atoms with Crippen molar-refractivity contribution in [3.8, 4) is 0 Å². The third kappa shape index (κ3) is 9.80. The fraction of sp³-hybridized carbons (Fsp3) is 0.679. The van der Waals surface area contributed by atoms with Gasteiger partial charge in [0.1, 0.15) is 17.7 Å². The summed E-state index contributed by atoms with van der Waals surface area (Å²) in [6.07, 6.45) is 3.44. The first kappa shape index (κ1) is 31.4. The second-order valence-electron chi connectivity index (χ2n) is 10.5. The molecule has 0 aliphatic heterocycles. The van der Waals surface area contributed by atoms with E-state index in [0.29, 0.717) is 13.0 Å². The van der Waals surface area contributed by atoms with Gasteiger partial charge in [-0.25, -0.2) is 4.79 Å². The molecule has 0 fully saturated rings. The van der Waals surface area contributed by atoms with E-state index in [4.69, 9.17) is 4.74 Å². The molecule has 0 radical (unpaired) electrons. The van der Waals surface area contributed by atoms with E-state index in [1.54, 1.807) is 20.8 Å². The fourth-order valence-electron chi connectivity index (χ4n) is 4.25. The Morgan fingerprint density at radius 1 is 1.03 bits per heavy atom. The van der Waals surface area contributed by atoms with Gasteiger partial charge < -0.3 is 25.4 Å². The van der Waals surface area contributed by atoms with Crippen molar-refractivity contribution < 1.29 is 24.2 Å². The molecule has 8 nitrogen and oxygen atoms in total. The van der Waals surface area contributed by atoms with Gasteiger partial charge in [0.05, 0.1) is 6.61 Å². The zero-order valence-corrected chi connectivity index (χ0v) is 23.4. The lowest BCUT2D eigenvalue weighted by Crippen LogP contribution is -2.55. The van der Waals surface area contributed by atoms with E-state index < -0.39 is 36.3 Å². The molecule has 0 aliphatic carbocycles. The molecule has 3 unspecified atom stereocenters. The van der Waals surface area contributed by atoms with E-state index in [-0.39, 0.29) is 11.9 Å². The van der Waals surface area contributed by atoms with Gasteiger partial charge in [0.25, 0.3) is 0 Å². The maximum Gasteiger partial charge on any atom is 0.408 e. The maximum atomic E-state index is 13.8. The van der Waals surface area contributed by atoms with Crippen LogP contribution in [0.3, 0.4) is 0 Å². The standard InChI is InChI=1S/C28H47N3O5/c1-9-11-12-17-31(26(34)22(18-32)30-27(35)36-28(6,7)8)24(25(33)29-21(5)14-10-2)23-19(3)15-13-16-20(23)4/h13,15-16,21-22,24,32H,9-12,14,17-18H2,1-8H3,(H,29,33)(H,30,35). The minimum Gasteiger partial charge on any atom is -0.444 e. The van der Waals surface area contributed by atoms with Crippen LogP contribution in [0.2, 0.25) is 0 Å². The molecule has 0 saturated carbocycles. The molecule has 0 bridgehead atoms. The molecule has 0 spiro atoms. The minimum absolute atomic E-state index is 0.0598. The van der Waals surface area contributed by atoms with Crippen molar-refractivity contribution in [3.05, 3.63) is 34.9 Å². The number of ether oxygens (including phenoxy) is 1. The first-order valence-corrected chi connectivity index (χ1v) is 13.1. The highest BCUT2D eigenvalue weighted by Crippen LogP contribution is 2.29. The Bertz CT molecular complexity index is 845. The van der Waals surface area contributed by atoms with Crippen molar-refractivity contribution in [3.63, 3.8) is 0 Å². The van der Waals surface area contributed by atoms with Gasteiger partial charge >= 0.3 is 6.09 Å². The number of unbranched alkanes of at least 4 members (excludes halogenated alkanes) is 2. The lowest BCUT2D eigenvalue weighted by molar-refractivity contribution is -0.143. The monoisotopic (exact) mass is 505 g/mol. The number of hydrogen-bond acceptors (Lipinski definition) is 5. The van der Waals surface area contributed by atoms with Crippen LogP contribution >= 0.6 is 0 Å². The third-order valence-corrected chi connectivity index (χ3v) is 5.94. The van der Waals surface area contributed by atoms with Crippen LogP contribution in [0.4, 0.5) is 4.79 Å². The van der Waals surface area contributed by atoms with Gasteiger partial charge in [0.15, 0.2) is 0 Å². The summed E-state index contributed by atoms with van der Waals surface area (Å²) in [5.41, 5.74) is 1.79. The minimum atomic E-state index is -1.24. The number of nitrogens with one attached hydrogen (secondary N) is 2. The molecule has 1 aromatic carbocycles. The van der Waals surface area contributed by atoms with Gasteiger partial charge in [0, 0.05) is 12.6 Å². The van der Waals surface area contributed by atoms with Gasteiger partial charge in [-0.05, 0) is 71.1 Å². The molecule has 0 aromatic heterocycles. The van der Waals surface area contributed by atoms with Gasteiger partial charge in [-0.1, -0.05) is 51.3 Å². The quantitative estimate of drug-likeness (QED) is 0.341. The first-order chi connectivity index (χ1) is 16.9. The molecular formula is C28H47N3O5. The van der Waals surface area contributed by atoms with Crippen molar-refractivity contribution in [2.45, 2.75) is 111 Å². The van der Waals surface area contributed by atoms with Crippen LogP contribution in [0, 0.1) is 13.8 Å². The van der Waals surface area contributed by atoms with Crippen LogP contribution in [0.1, 0.15) is 96.4 Å². The molecule has 1 aromatic rings. The van der Waals surface area contributed by atoms with E-state index in [9.17, 15) is 19.5 Å². The highest BCUT2D eigenvalue weighted by molar-refractivity contribution is 5.92. The molecular weight excluding hydrogens is 458 g/mol. The third-order valence-electron chi connectivity index (χ3n) is 5.94. The molecule has 3 N–H and O–H groups in total. The number of carbonyl (C=O) groups excluding carboxylic acids is 3. The first-order valence-electron chi connectivity index (χ1n) is 13.1. The van der Waals surface area contributed by atoms with Gasteiger partial charge in [-0.15, -0.1) is 0 Å². The molecule has 0 heterocycles. The number of aliphatic hydroxyl groups is 1. The van der Waals surface area contributed by atoms with Crippen LogP contribution < -0.4 is 10.6 Å². The number of carbonyl (C=O) groups is 3. The summed E-state index contributed by atoms with van der Waals surface area (Å²) < 4.78 is 5.30. The second kappa shape index (κ2) is 14.8. The van der Waals surface area contributed by atoms with E-state index in [0.717, 1.165) is 42.4 Å². The number of rotatable bonds is 13. The van der Waals surface area contributed by atoms with Crippen LogP contribution in [0.25, 0.3) is 0 Å². The van der Waals surface area contributed by atoms with Gasteiger partial charge in [-0.2, -0.15) is 0 Å². The Balaban J connectivity index is 3.50. The molecule has 36 heavy (non-hydrogen) atoms. The Morgan fingerprint density at radius 3 is 2.14 bits per heavy atom. The number of aliphatic hydroxyl groups excluding tert-OH is 1. The average Bonchev–Trinajstić information content (AvgIpc) is 2.76. The van der Waals surface area contributed by atoms with E-state index in [1.165, 1.54) is 4.90 Å². The predicted octanol–water partition coefficient (Wildman–Crippen LogP) is 4.55. The largest absolute Gasteiger partial charge is 0.444 e. The molecule has 3 atom stereocenters. The molecule has 204 valence electrons. The highest BCUT2D eigenvalue weighted by atomic mass is 16.6. The van der Waals surface area contributed by atoms with Crippen molar-refractivity contribution in [1.29, 1.82) is 0 Å². The summed E-state index contributed by atoms with van der Waals surface area (Å²) in [6.45, 7) is 14.8. The Labute approximate surface area is 217 Å². The number of hydrogen-bond donors (Lipinski definition) is 3. The van der Waals surface area contributed by atoms with Gasteiger partial charge in [0.2, 0.25) is 11.8 Å². The normalized spacial score (nSPS) is 13.9. The van der Waals surface area contributed by atoms with Crippen LogP contribution in [0.5, 0.6) is 0 Å². The number of amides is 3. The van der Waals surface area contributed by atoms with Crippen LogP contribution in [-0.4, -0.2) is 58.8 Å². The van der Waals surface area contributed by atoms with Crippen LogP contribution in [0.15, 0.2) is 18.2 Å². The Kier molecular flexibility index (Phi) is 12.9. The lowest BCUT2D eigenvalue weighted by Gasteiger charge is -2.36. The summed E-state index contributed by atoms with van der Waals surface area (Å²) in [5.74, 6) is -0.794. The van der Waals surface area contributed by atoms with Crippen molar-refractivity contribution >= 4 is 17.9 Å². The summed E-state index contributed by atoms with van der Waals surface area (Å²) >= 11 is 0. The zero-order valence-electron chi connectivity index (χ0n) is 23.4. The number of alkyl carbamates (subject to hydrolysis) is 1. The van der Waals surface area contributed by atoms with E-state index in [1.807, 2.05) is 39.0 Å². The average molecular weight is 506 g/mol. The predicted molar refractivity (Wildman–Crippen MR) is 143 cm³/mol. The second-order valence-corrected chi connectivity index (χ2v) is 10.5. The summed E-state index contributed by atoms with van der Waals surface area (Å²) in [4.78, 5) is 41.5. The van der Waals surface area contributed by atoms with Crippen LogP contribution in [-0.2, 0) is 14.3 Å². The van der Waals surface area contributed by atoms with E-state index in [2.05, 4.69) is 24.5 Å². The topological polar surface area (TPSA) is 108 Å². The number of aryl methyl sites for hydroxylation is 2. The number of nitrogens with zero attached hydrogens (tertiary/aromatic N) is 1. The lowest BCUT2D eigenvalue weighted by atomic mass is 9.93.